The van der Waals surface area contributed by atoms with Crippen molar-refractivity contribution in [2.75, 3.05) is 14.1 Å². The number of rotatable bonds is 5. The normalized spacial score (nSPS) is 10.6. The number of nitrogens with zero attached hydrogens (tertiary/aromatic N) is 3. The van der Waals surface area contributed by atoms with Crippen LogP contribution in [0.5, 0.6) is 0 Å². The molecule has 122 valence electrons. The van der Waals surface area contributed by atoms with Gasteiger partial charge in [0.25, 0.3) is 0 Å². The minimum atomic E-state index is 0.110. The highest BCUT2D eigenvalue weighted by Crippen LogP contribution is 2.25. The quantitative estimate of drug-likeness (QED) is 0.721. The number of para-hydroxylation sites is 1. The molecule has 0 saturated heterocycles. The molecule has 1 amide bonds. The molecule has 0 N–H and O–H groups in total. The Bertz CT molecular complexity index is 807. The Kier molecular flexibility index (Phi) is 4.75. The van der Waals surface area contributed by atoms with Crippen LogP contribution in [0.3, 0.4) is 0 Å². The van der Waals surface area contributed by atoms with Gasteiger partial charge >= 0.3 is 0 Å². The predicted octanol–water partition coefficient (Wildman–Crippen LogP) is 3.56. The predicted molar refractivity (Wildman–Crippen MR) is 96.0 cm³/mol. The van der Waals surface area contributed by atoms with Gasteiger partial charge in [0.2, 0.25) is 5.91 Å². The SMILES string of the molecule is CN(C)C(=O)CCc1ncc(-c2ccccc2)n1-c1ccccc1. The Labute approximate surface area is 142 Å². The third-order valence-corrected chi connectivity index (χ3v) is 3.98. The fraction of sp³-hybridized carbons (Fsp3) is 0.200. The zero-order chi connectivity index (χ0) is 16.9. The third-order valence-electron chi connectivity index (χ3n) is 3.98. The number of aryl methyl sites for hydroxylation is 1. The summed E-state index contributed by atoms with van der Waals surface area (Å²) in [5, 5.41) is 0. The van der Waals surface area contributed by atoms with Gasteiger partial charge < -0.3 is 4.90 Å². The van der Waals surface area contributed by atoms with Crippen LogP contribution in [0.4, 0.5) is 0 Å². The topological polar surface area (TPSA) is 38.1 Å². The first-order chi connectivity index (χ1) is 11.7. The summed E-state index contributed by atoms with van der Waals surface area (Å²) in [4.78, 5) is 18.1. The van der Waals surface area contributed by atoms with E-state index in [1.807, 2.05) is 42.6 Å². The van der Waals surface area contributed by atoms with E-state index in [0.29, 0.717) is 12.8 Å². The van der Waals surface area contributed by atoms with E-state index in [9.17, 15) is 4.79 Å². The number of carbonyl (C=O) groups is 1. The van der Waals surface area contributed by atoms with Crippen LogP contribution in [0.1, 0.15) is 12.2 Å². The highest BCUT2D eigenvalue weighted by molar-refractivity contribution is 5.75. The summed E-state index contributed by atoms with van der Waals surface area (Å²) < 4.78 is 2.14. The summed E-state index contributed by atoms with van der Waals surface area (Å²) in [6.07, 6.45) is 2.95. The molecule has 0 spiro atoms. The molecule has 0 unspecified atom stereocenters. The number of imidazole rings is 1. The highest BCUT2D eigenvalue weighted by Gasteiger charge is 2.15. The zero-order valence-corrected chi connectivity index (χ0v) is 14.0. The number of benzene rings is 2. The van der Waals surface area contributed by atoms with Gasteiger partial charge in [-0.3, -0.25) is 9.36 Å². The molecule has 24 heavy (non-hydrogen) atoms. The standard InChI is InChI=1S/C20H21N3O/c1-22(2)20(24)14-13-19-21-15-18(16-9-5-3-6-10-16)23(19)17-11-7-4-8-12-17/h3-12,15H,13-14H2,1-2H3. The van der Waals surface area contributed by atoms with Crippen molar-refractivity contribution in [2.24, 2.45) is 0 Å². The molecule has 1 heterocycles. The number of hydrogen-bond donors (Lipinski definition) is 0. The number of aromatic nitrogens is 2. The highest BCUT2D eigenvalue weighted by atomic mass is 16.2. The van der Waals surface area contributed by atoms with Crippen LogP contribution in [0.15, 0.2) is 66.9 Å². The molecule has 0 fully saturated rings. The van der Waals surface area contributed by atoms with Crippen molar-refractivity contribution in [1.29, 1.82) is 0 Å². The van der Waals surface area contributed by atoms with Gasteiger partial charge in [-0.25, -0.2) is 4.98 Å². The lowest BCUT2D eigenvalue weighted by Crippen LogP contribution is -2.22. The molecule has 3 aromatic rings. The maximum Gasteiger partial charge on any atom is 0.222 e. The lowest BCUT2D eigenvalue weighted by molar-refractivity contribution is -0.128. The maximum absolute atomic E-state index is 11.9. The van der Waals surface area contributed by atoms with Crippen LogP contribution in [-0.2, 0) is 11.2 Å². The van der Waals surface area contributed by atoms with Gasteiger partial charge in [-0.2, -0.15) is 0 Å². The maximum atomic E-state index is 11.9. The van der Waals surface area contributed by atoms with E-state index in [0.717, 1.165) is 22.8 Å². The Morgan fingerprint density at radius 3 is 2.25 bits per heavy atom. The van der Waals surface area contributed by atoms with Crippen molar-refractivity contribution in [3.63, 3.8) is 0 Å². The Morgan fingerprint density at radius 1 is 1.00 bits per heavy atom. The Hall–Kier alpha value is -2.88. The van der Waals surface area contributed by atoms with Crippen LogP contribution in [-0.4, -0.2) is 34.5 Å². The largest absolute Gasteiger partial charge is 0.349 e. The Morgan fingerprint density at radius 2 is 1.62 bits per heavy atom. The molecule has 0 aliphatic carbocycles. The first kappa shape index (κ1) is 16.0. The summed E-state index contributed by atoms with van der Waals surface area (Å²) >= 11 is 0. The third kappa shape index (κ3) is 3.38. The van der Waals surface area contributed by atoms with E-state index < -0.39 is 0 Å². The molecular weight excluding hydrogens is 298 g/mol. The second-order valence-electron chi connectivity index (χ2n) is 5.88. The molecule has 3 rings (SSSR count). The van der Waals surface area contributed by atoms with Gasteiger partial charge in [0.05, 0.1) is 11.9 Å². The first-order valence-corrected chi connectivity index (χ1v) is 8.04. The van der Waals surface area contributed by atoms with Crippen molar-refractivity contribution < 1.29 is 4.79 Å². The summed E-state index contributed by atoms with van der Waals surface area (Å²) in [7, 11) is 3.56. The van der Waals surface area contributed by atoms with Crippen LogP contribution in [0, 0.1) is 0 Å². The second kappa shape index (κ2) is 7.13. The molecule has 1 aromatic heterocycles. The molecule has 4 nitrogen and oxygen atoms in total. The fourth-order valence-electron chi connectivity index (χ4n) is 2.69. The summed E-state index contributed by atoms with van der Waals surface area (Å²) in [5.41, 5.74) is 3.20. The van der Waals surface area contributed by atoms with Crippen molar-refractivity contribution in [1.82, 2.24) is 14.5 Å². The van der Waals surface area contributed by atoms with E-state index in [1.54, 1.807) is 19.0 Å². The molecule has 0 atom stereocenters. The number of amides is 1. The molecule has 0 saturated carbocycles. The summed E-state index contributed by atoms with van der Waals surface area (Å²) in [6.45, 7) is 0. The molecule has 0 aliphatic rings. The van der Waals surface area contributed by atoms with Gasteiger partial charge in [0.1, 0.15) is 5.82 Å². The first-order valence-electron chi connectivity index (χ1n) is 8.04. The van der Waals surface area contributed by atoms with E-state index in [-0.39, 0.29) is 5.91 Å². The average Bonchev–Trinajstić information content (AvgIpc) is 3.05. The lowest BCUT2D eigenvalue weighted by Gasteiger charge is -2.13. The van der Waals surface area contributed by atoms with Crippen molar-refractivity contribution >= 4 is 5.91 Å². The minimum Gasteiger partial charge on any atom is -0.349 e. The van der Waals surface area contributed by atoms with Crippen LogP contribution >= 0.6 is 0 Å². The summed E-state index contributed by atoms with van der Waals surface area (Å²) in [5.74, 6) is 1.01. The molecular formula is C20H21N3O. The van der Waals surface area contributed by atoms with Crippen molar-refractivity contribution in [3.8, 4) is 16.9 Å². The summed E-state index contributed by atoms with van der Waals surface area (Å²) in [6, 6.07) is 20.3. The van der Waals surface area contributed by atoms with Gasteiger partial charge in [0.15, 0.2) is 0 Å². The number of hydrogen-bond acceptors (Lipinski definition) is 2. The molecule has 4 heteroatoms. The van der Waals surface area contributed by atoms with Gasteiger partial charge in [-0.05, 0) is 12.1 Å². The molecule has 2 aromatic carbocycles. The molecule has 0 radical (unpaired) electrons. The zero-order valence-electron chi connectivity index (χ0n) is 14.0. The monoisotopic (exact) mass is 319 g/mol. The smallest absolute Gasteiger partial charge is 0.222 e. The lowest BCUT2D eigenvalue weighted by atomic mass is 10.1. The Balaban J connectivity index is 2.01. The van der Waals surface area contributed by atoms with Crippen molar-refractivity contribution in [3.05, 3.63) is 72.7 Å². The van der Waals surface area contributed by atoms with E-state index in [2.05, 4.69) is 33.8 Å². The molecule has 0 aliphatic heterocycles. The van der Waals surface area contributed by atoms with Crippen LogP contribution in [0.25, 0.3) is 16.9 Å². The van der Waals surface area contributed by atoms with E-state index in [4.69, 9.17) is 0 Å². The molecule has 0 bridgehead atoms. The van der Waals surface area contributed by atoms with E-state index in [1.165, 1.54) is 0 Å². The van der Waals surface area contributed by atoms with Gasteiger partial charge in [0, 0.05) is 38.2 Å². The average molecular weight is 319 g/mol. The second-order valence-corrected chi connectivity index (χ2v) is 5.88. The van der Waals surface area contributed by atoms with Crippen LogP contribution in [0.2, 0.25) is 0 Å². The van der Waals surface area contributed by atoms with Crippen LogP contribution < -0.4 is 0 Å². The fourth-order valence-corrected chi connectivity index (χ4v) is 2.69. The number of carbonyl (C=O) groups excluding carboxylic acids is 1. The van der Waals surface area contributed by atoms with Crippen molar-refractivity contribution in [2.45, 2.75) is 12.8 Å². The van der Waals surface area contributed by atoms with Gasteiger partial charge in [-0.1, -0.05) is 48.5 Å². The van der Waals surface area contributed by atoms with E-state index >= 15 is 0 Å². The van der Waals surface area contributed by atoms with Gasteiger partial charge in [-0.15, -0.1) is 0 Å². The minimum absolute atomic E-state index is 0.110.